The maximum atomic E-state index is 9.47. The van der Waals surface area contributed by atoms with Crippen LogP contribution in [0, 0.1) is 0 Å². The molecule has 0 saturated heterocycles. The van der Waals surface area contributed by atoms with Crippen molar-refractivity contribution in [2.75, 3.05) is 0 Å². The molecular weight excluding hydrogens is 297 g/mol. The molecule has 0 aliphatic rings. The summed E-state index contributed by atoms with van der Waals surface area (Å²) in [4.78, 5) is 0. The third-order valence-electron chi connectivity index (χ3n) is 2.96. The molecule has 23 heavy (non-hydrogen) atoms. The van der Waals surface area contributed by atoms with Crippen LogP contribution in [-0.4, -0.2) is 44.5 Å². The van der Waals surface area contributed by atoms with Crippen molar-refractivity contribution in [2.45, 2.75) is 51.7 Å². The first-order chi connectivity index (χ1) is 10.2. The SMILES string of the molecule is CC(C)(O)Cc1ccccc1.CC(C)(O)Cc1ccccc1.[H-].[H-].[Mg+2]. The Morgan fingerprint density at radius 1 is 0.652 bits per heavy atom. The van der Waals surface area contributed by atoms with Gasteiger partial charge in [0.1, 0.15) is 0 Å². The fourth-order valence-corrected chi connectivity index (χ4v) is 2.19. The summed E-state index contributed by atoms with van der Waals surface area (Å²) < 4.78 is 0. The van der Waals surface area contributed by atoms with Gasteiger partial charge in [-0.1, -0.05) is 60.7 Å². The predicted molar refractivity (Wildman–Crippen MR) is 101 cm³/mol. The zero-order valence-corrected chi connectivity index (χ0v) is 16.2. The van der Waals surface area contributed by atoms with Crippen molar-refractivity contribution in [3.05, 3.63) is 71.8 Å². The molecule has 0 aliphatic carbocycles. The summed E-state index contributed by atoms with van der Waals surface area (Å²) in [5, 5.41) is 18.9. The van der Waals surface area contributed by atoms with Gasteiger partial charge in [0.15, 0.2) is 0 Å². The average Bonchev–Trinajstić information content (AvgIpc) is 2.38. The summed E-state index contributed by atoms with van der Waals surface area (Å²) in [6, 6.07) is 20.0. The van der Waals surface area contributed by atoms with Crippen molar-refractivity contribution in [3.8, 4) is 0 Å². The molecule has 0 atom stereocenters. The Bertz CT molecular complexity index is 484. The molecule has 0 unspecified atom stereocenters. The summed E-state index contributed by atoms with van der Waals surface area (Å²) in [6.07, 6.45) is 1.43. The van der Waals surface area contributed by atoms with Crippen LogP contribution in [0.3, 0.4) is 0 Å². The molecule has 124 valence electrons. The van der Waals surface area contributed by atoms with Gasteiger partial charge < -0.3 is 13.1 Å². The van der Waals surface area contributed by atoms with Crippen LogP contribution in [0.2, 0.25) is 0 Å². The maximum absolute atomic E-state index is 9.47. The van der Waals surface area contributed by atoms with E-state index in [0.29, 0.717) is 12.8 Å². The van der Waals surface area contributed by atoms with Crippen molar-refractivity contribution in [2.24, 2.45) is 0 Å². The Labute approximate surface area is 159 Å². The van der Waals surface area contributed by atoms with Gasteiger partial charge in [0.25, 0.3) is 0 Å². The van der Waals surface area contributed by atoms with Gasteiger partial charge in [-0.05, 0) is 38.8 Å². The van der Waals surface area contributed by atoms with Gasteiger partial charge >= 0.3 is 23.1 Å². The maximum Gasteiger partial charge on any atom is 2.00 e. The molecule has 2 aromatic carbocycles. The summed E-state index contributed by atoms with van der Waals surface area (Å²) in [5.41, 5.74) is 1.17. The normalized spacial score (nSPS) is 11.0. The molecule has 3 heteroatoms. The van der Waals surface area contributed by atoms with E-state index < -0.39 is 11.2 Å². The van der Waals surface area contributed by atoms with Crippen LogP contribution < -0.4 is 0 Å². The van der Waals surface area contributed by atoms with E-state index in [0.717, 1.165) is 0 Å². The van der Waals surface area contributed by atoms with Crippen LogP contribution in [0.5, 0.6) is 0 Å². The fraction of sp³-hybridized carbons (Fsp3) is 0.400. The van der Waals surface area contributed by atoms with E-state index in [1.807, 2.05) is 88.4 Å². The summed E-state index contributed by atoms with van der Waals surface area (Å²) >= 11 is 0. The Morgan fingerprint density at radius 3 is 1.13 bits per heavy atom. The number of hydrogen-bond acceptors (Lipinski definition) is 2. The molecule has 0 aliphatic heterocycles. The van der Waals surface area contributed by atoms with Crippen LogP contribution in [-0.2, 0) is 12.8 Å². The largest absolute Gasteiger partial charge is 2.00 e. The molecule has 0 fully saturated rings. The second kappa shape index (κ2) is 10.1. The molecule has 2 N–H and O–H groups in total. The first-order valence-electron chi connectivity index (χ1n) is 7.68. The molecule has 0 spiro atoms. The van der Waals surface area contributed by atoms with Crippen LogP contribution in [0.1, 0.15) is 41.7 Å². The van der Waals surface area contributed by atoms with Crippen LogP contribution in [0.25, 0.3) is 0 Å². The van der Waals surface area contributed by atoms with Gasteiger partial charge in [0.2, 0.25) is 0 Å². The number of aliphatic hydroxyl groups is 2. The summed E-state index contributed by atoms with van der Waals surface area (Å²) in [5.74, 6) is 0. The Balaban J connectivity index is -0.000000346. The fourth-order valence-electron chi connectivity index (χ4n) is 2.19. The molecule has 0 heterocycles. The molecular formula is C20H30MgO2. The monoisotopic (exact) mass is 326 g/mol. The molecule has 0 bridgehead atoms. The van der Waals surface area contributed by atoms with Gasteiger partial charge in [0, 0.05) is 12.8 Å². The minimum atomic E-state index is -0.596. The van der Waals surface area contributed by atoms with E-state index in [-0.39, 0.29) is 25.9 Å². The topological polar surface area (TPSA) is 40.5 Å². The van der Waals surface area contributed by atoms with E-state index in [9.17, 15) is 10.2 Å². The van der Waals surface area contributed by atoms with E-state index in [1.54, 1.807) is 0 Å². The van der Waals surface area contributed by atoms with Crippen LogP contribution in [0.4, 0.5) is 0 Å². The molecule has 2 nitrogen and oxygen atoms in total. The Morgan fingerprint density at radius 2 is 0.913 bits per heavy atom. The molecule has 0 amide bonds. The average molecular weight is 327 g/mol. The van der Waals surface area contributed by atoms with Crippen LogP contribution >= 0.6 is 0 Å². The smallest absolute Gasteiger partial charge is 1.00 e. The number of hydrogen-bond donors (Lipinski definition) is 2. The third-order valence-corrected chi connectivity index (χ3v) is 2.96. The van der Waals surface area contributed by atoms with Gasteiger partial charge in [0.05, 0.1) is 11.2 Å². The molecule has 0 radical (unpaired) electrons. The molecule has 0 saturated carbocycles. The van der Waals surface area contributed by atoms with Crippen molar-refractivity contribution in [3.63, 3.8) is 0 Å². The Hall–Kier alpha value is -0.874. The zero-order valence-electron chi connectivity index (χ0n) is 16.8. The second-order valence-corrected chi connectivity index (χ2v) is 6.95. The van der Waals surface area contributed by atoms with Crippen molar-refractivity contribution in [1.82, 2.24) is 0 Å². The van der Waals surface area contributed by atoms with E-state index in [2.05, 4.69) is 0 Å². The van der Waals surface area contributed by atoms with Crippen molar-refractivity contribution < 1.29 is 13.1 Å². The van der Waals surface area contributed by atoms with E-state index >= 15 is 0 Å². The summed E-state index contributed by atoms with van der Waals surface area (Å²) in [6.45, 7) is 7.28. The van der Waals surface area contributed by atoms with Gasteiger partial charge in [-0.3, -0.25) is 0 Å². The first kappa shape index (κ1) is 22.1. The minimum Gasteiger partial charge on any atom is -1.00 e. The number of rotatable bonds is 4. The molecule has 0 aromatic heterocycles. The standard InChI is InChI=1S/2C10H14O.Mg.2H/c2*1-10(2,11)8-9-6-4-3-5-7-9;;;/h2*3-7,11H,8H2,1-2H3;;;/q;;+2;2*-1. The van der Waals surface area contributed by atoms with E-state index in [1.165, 1.54) is 11.1 Å². The van der Waals surface area contributed by atoms with E-state index in [4.69, 9.17) is 0 Å². The quantitative estimate of drug-likeness (QED) is 0.838. The molecule has 2 aromatic rings. The molecule has 2 rings (SSSR count). The Kier molecular flexibility index (Phi) is 9.70. The van der Waals surface area contributed by atoms with Gasteiger partial charge in [-0.2, -0.15) is 0 Å². The van der Waals surface area contributed by atoms with Crippen molar-refractivity contribution >= 4 is 23.1 Å². The minimum absolute atomic E-state index is 0. The van der Waals surface area contributed by atoms with Gasteiger partial charge in [-0.15, -0.1) is 0 Å². The van der Waals surface area contributed by atoms with Crippen LogP contribution in [0.15, 0.2) is 60.7 Å². The predicted octanol–water partition coefficient (Wildman–Crippen LogP) is 3.84. The van der Waals surface area contributed by atoms with Gasteiger partial charge in [-0.25, -0.2) is 0 Å². The first-order valence-corrected chi connectivity index (χ1v) is 7.68. The second-order valence-electron chi connectivity index (χ2n) is 6.95. The zero-order chi connectivity index (χ0) is 16.6. The number of benzene rings is 2. The third kappa shape index (κ3) is 12.2. The van der Waals surface area contributed by atoms with Crippen molar-refractivity contribution in [1.29, 1.82) is 0 Å². The summed E-state index contributed by atoms with van der Waals surface area (Å²) in [7, 11) is 0.